The zero-order valence-electron chi connectivity index (χ0n) is 9.79. The molecule has 1 aromatic rings. The monoisotopic (exact) mass is 278 g/mol. The number of halogens is 2. The Morgan fingerprint density at radius 3 is 2.29 bits per heavy atom. The minimum Gasteiger partial charge on any atom is -0.387 e. The van der Waals surface area contributed by atoms with Crippen molar-refractivity contribution in [3.8, 4) is 0 Å². The minimum atomic E-state index is -0.369. The summed E-state index contributed by atoms with van der Waals surface area (Å²) in [6, 6.07) is 3.77. The molecule has 1 aromatic heterocycles. The molecule has 0 radical (unpaired) electrons. The van der Waals surface area contributed by atoms with Crippen molar-refractivity contribution in [1.29, 1.82) is 0 Å². The first-order valence-electron chi connectivity index (χ1n) is 5.66. The Kier molecular flexibility index (Phi) is 8.52. The number of nitrogens with zero attached hydrogens (tertiary/aromatic N) is 2. The highest BCUT2D eigenvalue weighted by Gasteiger charge is 2.15. The van der Waals surface area contributed by atoms with Crippen LogP contribution in [0, 0.1) is 0 Å². The first-order chi connectivity index (χ1) is 7.36. The number of piperidine rings is 1. The van der Waals surface area contributed by atoms with Crippen molar-refractivity contribution in [2.24, 2.45) is 0 Å². The van der Waals surface area contributed by atoms with Gasteiger partial charge in [0.1, 0.15) is 0 Å². The third kappa shape index (κ3) is 5.21. The second-order valence-electron chi connectivity index (χ2n) is 4.16. The molecule has 0 saturated carbocycles. The second-order valence-corrected chi connectivity index (χ2v) is 4.16. The number of aliphatic hydroxyl groups is 1. The molecule has 1 unspecified atom stereocenters. The molecule has 98 valence electrons. The van der Waals surface area contributed by atoms with Crippen LogP contribution in [0.1, 0.15) is 30.9 Å². The maximum absolute atomic E-state index is 10.0. The fourth-order valence-electron chi connectivity index (χ4n) is 2.08. The van der Waals surface area contributed by atoms with Crippen molar-refractivity contribution in [1.82, 2.24) is 9.88 Å². The standard InChI is InChI=1S/C12H18N2O.2ClH/c15-12(11-4-6-13-7-5-11)10-14-8-2-1-3-9-14;;/h4-7,12,15H,1-3,8-10H2;2*1H. The van der Waals surface area contributed by atoms with Gasteiger partial charge >= 0.3 is 0 Å². The molecule has 0 bridgehead atoms. The zero-order valence-corrected chi connectivity index (χ0v) is 11.4. The van der Waals surface area contributed by atoms with Crippen molar-refractivity contribution in [2.75, 3.05) is 19.6 Å². The normalized spacial score (nSPS) is 17.7. The van der Waals surface area contributed by atoms with Crippen LogP contribution in [0.4, 0.5) is 0 Å². The average molecular weight is 279 g/mol. The highest BCUT2D eigenvalue weighted by atomic mass is 35.5. The Morgan fingerprint density at radius 2 is 1.71 bits per heavy atom. The van der Waals surface area contributed by atoms with Gasteiger partial charge in [-0.15, -0.1) is 24.8 Å². The van der Waals surface area contributed by atoms with E-state index in [0.717, 1.165) is 25.2 Å². The van der Waals surface area contributed by atoms with Crippen LogP contribution in [0.15, 0.2) is 24.5 Å². The first-order valence-corrected chi connectivity index (χ1v) is 5.66. The molecule has 0 amide bonds. The van der Waals surface area contributed by atoms with Gasteiger partial charge in [-0.05, 0) is 43.6 Å². The SMILES string of the molecule is Cl.Cl.OC(CN1CCCCC1)c1ccncc1. The summed E-state index contributed by atoms with van der Waals surface area (Å²) in [4.78, 5) is 6.29. The Labute approximate surface area is 115 Å². The highest BCUT2D eigenvalue weighted by molar-refractivity contribution is 5.85. The van der Waals surface area contributed by atoms with Gasteiger partial charge in [0, 0.05) is 18.9 Å². The van der Waals surface area contributed by atoms with Crippen LogP contribution in [-0.2, 0) is 0 Å². The number of pyridine rings is 1. The molecule has 17 heavy (non-hydrogen) atoms. The van der Waals surface area contributed by atoms with E-state index in [2.05, 4.69) is 9.88 Å². The molecule has 1 atom stereocenters. The number of hydrogen-bond donors (Lipinski definition) is 1. The smallest absolute Gasteiger partial charge is 0.0918 e. The fraction of sp³-hybridized carbons (Fsp3) is 0.583. The van der Waals surface area contributed by atoms with Crippen LogP contribution in [-0.4, -0.2) is 34.6 Å². The topological polar surface area (TPSA) is 36.4 Å². The molecule has 1 N–H and O–H groups in total. The predicted octanol–water partition coefficient (Wildman–Crippen LogP) is 2.44. The van der Waals surface area contributed by atoms with Gasteiger partial charge in [-0.3, -0.25) is 4.98 Å². The molecule has 0 spiro atoms. The third-order valence-corrected chi connectivity index (χ3v) is 2.97. The van der Waals surface area contributed by atoms with Crippen molar-refractivity contribution in [2.45, 2.75) is 25.4 Å². The number of rotatable bonds is 3. The molecule has 2 rings (SSSR count). The van der Waals surface area contributed by atoms with Gasteiger partial charge in [-0.25, -0.2) is 0 Å². The molecule has 1 fully saturated rings. The van der Waals surface area contributed by atoms with Gasteiger partial charge in [0.05, 0.1) is 6.10 Å². The summed E-state index contributed by atoms with van der Waals surface area (Å²) in [6.07, 6.45) is 6.96. The van der Waals surface area contributed by atoms with Crippen molar-refractivity contribution < 1.29 is 5.11 Å². The van der Waals surface area contributed by atoms with E-state index in [-0.39, 0.29) is 30.9 Å². The Morgan fingerprint density at radius 1 is 1.12 bits per heavy atom. The van der Waals surface area contributed by atoms with Crippen molar-refractivity contribution >= 4 is 24.8 Å². The zero-order chi connectivity index (χ0) is 10.5. The van der Waals surface area contributed by atoms with E-state index < -0.39 is 0 Å². The predicted molar refractivity (Wildman–Crippen MR) is 74.0 cm³/mol. The molecule has 0 aromatic carbocycles. The maximum Gasteiger partial charge on any atom is 0.0918 e. The molecule has 5 heteroatoms. The van der Waals surface area contributed by atoms with Crippen molar-refractivity contribution in [3.05, 3.63) is 30.1 Å². The summed E-state index contributed by atoms with van der Waals surface area (Å²) in [7, 11) is 0. The van der Waals surface area contributed by atoms with Gasteiger partial charge < -0.3 is 10.0 Å². The molecule has 0 aliphatic carbocycles. The van der Waals surface area contributed by atoms with Gasteiger partial charge in [-0.2, -0.15) is 0 Å². The number of aromatic nitrogens is 1. The average Bonchev–Trinajstić information content (AvgIpc) is 2.31. The summed E-state index contributed by atoms with van der Waals surface area (Å²) >= 11 is 0. The van der Waals surface area contributed by atoms with Gasteiger partial charge in [0.15, 0.2) is 0 Å². The van der Waals surface area contributed by atoms with E-state index in [0.29, 0.717) is 0 Å². The van der Waals surface area contributed by atoms with Crippen LogP contribution in [0.5, 0.6) is 0 Å². The van der Waals surface area contributed by atoms with Crippen LogP contribution in [0.25, 0.3) is 0 Å². The van der Waals surface area contributed by atoms with Crippen molar-refractivity contribution in [3.63, 3.8) is 0 Å². The minimum absolute atomic E-state index is 0. The van der Waals surface area contributed by atoms with Crippen LogP contribution in [0.2, 0.25) is 0 Å². The van der Waals surface area contributed by atoms with Gasteiger partial charge in [0.2, 0.25) is 0 Å². The summed E-state index contributed by atoms with van der Waals surface area (Å²) in [5.74, 6) is 0. The molecule has 1 aliphatic heterocycles. The second kappa shape index (κ2) is 8.70. The van der Waals surface area contributed by atoms with E-state index in [1.54, 1.807) is 12.4 Å². The fourth-order valence-corrected chi connectivity index (χ4v) is 2.08. The van der Waals surface area contributed by atoms with E-state index in [1.807, 2.05) is 12.1 Å². The summed E-state index contributed by atoms with van der Waals surface area (Å²) in [6.45, 7) is 3.01. The van der Waals surface area contributed by atoms with Crippen LogP contribution in [0.3, 0.4) is 0 Å². The largest absolute Gasteiger partial charge is 0.387 e. The van der Waals surface area contributed by atoms with E-state index in [4.69, 9.17) is 0 Å². The lowest BCUT2D eigenvalue weighted by atomic mass is 10.1. The number of aliphatic hydroxyl groups excluding tert-OH is 1. The van der Waals surface area contributed by atoms with Gasteiger partial charge in [-0.1, -0.05) is 6.42 Å². The first kappa shape index (κ1) is 16.6. The third-order valence-electron chi connectivity index (χ3n) is 2.97. The van der Waals surface area contributed by atoms with E-state index >= 15 is 0 Å². The molecular weight excluding hydrogens is 259 g/mol. The number of β-amino-alcohol motifs (C(OH)–C–C–N with tert-alkyl or cyclic N) is 1. The van der Waals surface area contributed by atoms with E-state index in [9.17, 15) is 5.11 Å². The molecular formula is C12H20Cl2N2O. The summed E-state index contributed by atoms with van der Waals surface area (Å²) in [5, 5.41) is 10.0. The Balaban J connectivity index is 0.00000128. The maximum atomic E-state index is 10.0. The lowest BCUT2D eigenvalue weighted by Gasteiger charge is -2.28. The summed E-state index contributed by atoms with van der Waals surface area (Å²) in [5.41, 5.74) is 0.968. The lowest BCUT2D eigenvalue weighted by Crippen LogP contribution is -2.33. The molecule has 3 nitrogen and oxygen atoms in total. The Hall–Kier alpha value is -0.350. The van der Waals surface area contributed by atoms with Crippen LogP contribution < -0.4 is 0 Å². The Bertz CT molecular complexity index is 292. The highest BCUT2D eigenvalue weighted by Crippen LogP contribution is 2.16. The lowest BCUT2D eigenvalue weighted by molar-refractivity contribution is 0.101. The number of likely N-dealkylation sites (tertiary alicyclic amines) is 1. The summed E-state index contributed by atoms with van der Waals surface area (Å²) < 4.78 is 0. The van der Waals surface area contributed by atoms with Gasteiger partial charge in [0.25, 0.3) is 0 Å². The van der Waals surface area contributed by atoms with E-state index in [1.165, 1.54) is 19.3 Å². The molecule has 1 aliphatic rings. The van der Waals surface area contributed by atoms with Crippen LogP contribution >= 0.6 is 24.8 Å². The molecule has 2 heterocycles. The number of hydrogen-bond acceptors (Lipinski definition) is 3. The quantitative estimate of drug-likeness (QED) is 0.923. The molecule has 1 saturated heterocycles.